The van der Waals surface area contributed by atoms with Crippen molar-refractivity contribution in [1.29, 1.82) is 0 Å². The first-order valence-corrected chi connectivity index (χ1v) is 10.0. The molecule has 4 rings (SSSR count). The van der Waals surface area contributed by atoms with Crippen LogP contribution in [0.3, 0.4) is 0 Å². The van der Waals surface area contributed by atoms with Gasteiger partial charge in [-0.1, -0.05) is 17.7 Å². The van der Waals surface area contributed by atoms with Crippen molar-refractivity contribution in [3.8, 4) is 11.5 Å². The van der Waals surface area contributed by atoms with Crippen LogP contribution in [0.15, 0.2) is 71.1 Å². The fourth-order valence-electron chi connectivity index (χ4n) is 2.85. The lowest BCUT2D eigenvalue weighted by atomic mass is 10.2. The monoisotopic (exact) mass is 405 g/mol. The van der Waals surface area contributed by atoms with Crippen molar-refractivity contribution in [2.24, 2.45) is 0 Å². The van der Waals surface area contributed by atoms with Gasteiger partial charge >= 0.3 is 0 Å². The summed E-state index contributed by atoms with van der Waals surface area (Å²) in [6.07, 6.45) is 1.67. The summed E-state index contributed by atoms with van der Waals surface area (Å²) in [5.74, 6) is 1.28. The van der Waals surface area contributed by atoms with Gasteiger partial charge in [-0.25, -0.2) is 4.98 Å². The first-order valence-electron chi connectivity index (χ1n) is 9.15. The summed E-state index contributed by atoms with van der Waals surface area (Å²) in [6.45, 7) is 2.30. The van der Waals surface area contributed by atoms with E-state index in [2.05, 4.69) is 10.3 Å². The molecule has 2 aromatic heterocycles. The summed E-state index contributed by atoms with van der Waals surface area (Å²) >= 11 is 1.42. The molecule has 7 heteroatoms. The average Bonchev–Trinajstić information content (AvgIpc) is 3.20. The summed E-state index contributed by atoms with van der Waals surface area (Å²) in [5, 5.41) is 5.26. The minimum absolute atomic E-state index is 0.123. The van der Waals surface area contributed by atoms with Crippen molar-refractivity contribution in [2.75, 3.05) is 5.32 Å². The molecule has 0 aliphatic carbocycles. The zero-order valence-corrected chi connectivity index (χ0v) is 16.6. The fourth-order valence-corrected chi connectivity index (χ4v) is 3.57. The van der Waals surface area contributed by atoms with Crippen molar-refractivity contribution < 1.29 is 9.53 Å². The van der Waals surface area contributed by atoms with Gasteiger partial charge in [0.1, 0.15) is 16.3 Å². The van der Waals surface area contributed by atoms with Crippen LogP contribution >= 0.6 is 11.3 Å². The molecule has 4 aromatic rings. The molecule has 0 saturated heterocycles. The standard InChI is InChI=1S/C22H19N3O3S/c1-15-2-6-17(7-3-15)28-18-8-4-16(5-9-18)24-20(26)10-12-25-14-23-21-19(22(25)27)11-13-29-21/h2-9,11,13-14H,10,12H2,1H3,(H,24,26). The number of aryl methyl sites for hydroxylation is 2. The number of fused-ring (bicyclic) bond motifs is 1. The van der Waals surface area contributed by atoms with Crippen LogP contribution < -0.4 is 15.6 Å². The van der Waals surface area contributed by atoms with E-state index in [1.165, 1.54) is 27.8 Å². The van der Waals surface area contributed by atoms with Crippen molar-refractivity contribution in [1.82, 2.24) is 9.55 Å². The molecule has 1 amide bonds. The SMILES string of the molecule is Cc1ccc(Oc2ccc(NC(=O)CCn3cnc4sccc4c3=O)cc2)cc1. The number of hydrogen-bond acceptors (Lipinski definition) is 5. The number of carbonyl (C=O) groups is 1. The van der Waals surface area contributed by atoms with Crippen LogP contribution in [0.1, 0.15) is 12.0 Å². The predicted molar refractivity (Wildman–Crippen MR) is 115 cm³/mol. The zero-order valence-electron chi connectivity index (χ0n) is 15.8. The maximum atomic E-state index is 12.4. The lowest BCUT2D eigenvalue weighted by molar-refractivity contribution is -0.116. The molecule has 0 atom stereocenters. The molecule has 2 heterocycles. The molecule has 0 aliphatic heterocycles. The smallest absolute Gasteiger partial charge is 0.262 e. The number of amides is 1. The lowest BCUT2D eigenvalue weighted by Crippen LogP contribution is -2.23. The summed E-state index contributed by atoms with van der Waals surface area (Å²) in [7, 11) is 0. The molecule has 146 valence electrons. The maximum Gasteiger partial charge on any atom is 0.262 e. The van der Waals surface area contributed by atoms with E-state index in [0.29, 0.717) is 21.7 Å². The van der Waals surface area contributed by atoms with Gasteiger partial charge in [0.05, 0.1) is 11.7 Å². The van der Waals surface area contributed by atoms with E-state index in [-0.39, 0.29) is 24.4 Å². The summed E-state index contributed by atoms with van der Waals surface area (Å²) in [5.41, 5.74) is 1.72. The molecule has 0 saturated carbocycles. The number of carbonyl (C=O) groups excluding carboxylic acids is 1. The highest BCUT2D eigenvalue weighted by molar-refractivity contribution is 7.16. The third kappa shape index (κ3) is 4.52. The number of aromatic nitrogens is 2. The second-order valence-electron chi connectivity index (χ2n) is 6.62. The summed E-state index contributed by atoms with van der Waals surface area (Å²) in [4.78, 5) is 29.6. The Bertz CT molecular complexity index is 1190. The van der Waals surface area contributed by atoms with E-state index in [0.717, 1.165) is 5.75 Å². The molecule has 6 nitrogen and oxygen atoms in total. The zero-order chi connectivity index (χ0) is 20.2. The van der Waals surface area contributed by atoms with Gasteiger partial charge in [0.15, 0.2) is 0 Å². The van der Waals surface area contributed by atoms with Crippen LogP contribution in [0.4, 0.5) is 5.69 Å². The molecule has 0 spiro atoms. The number of nitrogens with zero attached hydrogens (tertiary/aromatic N) is 2. The summed E-state index contributed by atoms with van der Waals surface area (Å²) < 4.78 is 7.25. The molecular weight excluding hydrogens is 386 g/mol. The predicted octanol–water partition coefficient (Wildman–Crippen LogP) is 4.59. The minimum atomic E-state index is -0.172. The molecule has 29 heavy (non-hydrogen) atoms. The maximum absolute atomic E-state index is 12.4. The van der Waals surface area contributed by atoms with E-state index in [1.54, 1.807) is 30.3 Å². The Labute approximate surface area is 171 Å². The van der Waals surface area contributed by atoms with E-state index < -0.39 is 0 Å². The second-order valence-corrected chi connectivity index (χ2v) is 7.51. The van der Waals surface area contributed by atoms with Gasteiger partial charge < -0.3 is 10.1 Å². The molecule has 0 aliphatic rings. The highest BCUT2D eigenvalue weighted by Gasteiger charge is 2.08. The first-order chi connectivity index (χ1) is 14.1. The van der Waals surface area contributed by atoms with Gasteiger partial charge in [0.25, 0.3) is 5.56 Å². The third-order valence-electron chi connectivity index (χ3n) is 4.42. The highest BCUT2D eigenvalue weighted by atomic mass is 32.1. The van der Waals surface area contributed by atoms with E-state index in [1.807, 2.05) is 36.6 Å². The molecule has 0 radical (unpaired) electrons. The quantitative estimate of drug-likeness (QED) is 0.509. The Hall–Kier alpha value is -3.45. The minimum Gasteiger partial charge on any atom is -0.457 e. The number of benzene rings is 2. The molecule has 0 bridgehead atoms. The van der Waals surface area contributed by atoms with Crippen molar-refractivity contribution in [2.45, 2.75) is 19.9 Å². The fraction of sp³-hybridized carbons (Fsp3) is 0.136. The normalized spacial score (nSPS) is 10.8. The Morgan fingerprint density at radius 2 is 1.76 bits per heavy atom. The summed E-state index contributed by atoms with van der Waals surface area (Å²) in [6, 6.07) is 16.7. The van der Waals surface area contributed by atoms with Crippen LogP contribution in [-0.4, -0.2) is 15.5 Å². The number of nitrogens with one attached hydrogen (secondary N) is 1. The van der Waals surface area contributed by atoms with Crippen LogP contribution in [0.25, 0.3) is 10.2 Å². The second kappa shape index (κ2) is 8.28. The number of hydrogen-bond donors (Lipinski definition) is 1. The molecule has 2 aromatic carbocycles. The van der Waals surface area contributed by atoms with Crippen molar-refractivity contribution >= 4 is 33.1 Å². The molecule has 1 N–H and O–H groups in total. The Balaban J connectivity index is 1.33. The van der Waals surface area contributed by atoms with Crippen molar-refractivity contribution in [3.05, 3.63) is 82.2 Å². The van der Waals surface area contributed by atoms with Gasteiger partial charge in [-0.2, -0.15) is 0 Å². The lowest BCUT2D eigenvalue weighted by Gasteiger charge is -2.09. The van der Waals surface area contributed by atoms with Gasteiger partial charge in [0, 0.05) is 18.7 Å². The average molecular weight is 405 g/mol. The molecular formula is C22H19N3O3S. The molecule has 0 fully saturated rings. The van der Waals surface area contributed by atoms with E-state index in [4.69, 9.17) is 4.74 Å². The van der Waals surface area contributed by atoms with Crippen LogP contribution in [0.2, 0.25) is 0 Å². The first kappa shape index (κ1) is 18.9. The van der Waals surface area contributed by atoms with Crippen molar-refractivity contribution in [3.63, 3.8) is 0 Å². The number of thiophene rings is 1. The highest BCUT2D eigenvalue weighted by Crippen LogP contribution is 2.23. The van der Waals surface area contributed by atoms with Gasteiger partial charge in [-0.15, -0.1) is 11.3 Å². The van der Waals surface area contributed by atoms with Crippen LogP contribution in [0.5, 0.6) is 11.5 Å². The van der Waals surface area contributed by atoms with Crippen LogP contribution in [-0.2, 0) is 11.3 Å². The number of anilines is 1. The third-order valence-corrected chi connectivity index (χ3v) is 5.25. The Morgan fingerprint density at radius 1 is 1.07 bits per heavy atom. The van der Waals surface area contributed by atoms with Gasteiger partial charge in [-0.05, 0) is 54.8 Å². The number of rotatable bonds is 6. The topological polar surface area (TPSA) is 73.2 Å². The van der Waals surface area contributed by atoms with E-state index in [9.17, 15) is 9.59 Å². The Morgan fingerprint density at radius 3 is 2.48 bits per heavy atom. The van der Waals surface area contributed by atoms with Gasteiger partial charge in [0.2, 0.25) is 5.91 Å². The number of ether oxygens (including phenoxy) is 1. The largest absolute Gasteiger partial charge is 0.457 e. The Kier molecular flexibility index (Phi) is 5.39. The van der Waals surface area contributed by atoms with E-state index >= 15 is 0 Å². The molecule has 0 unspecified atom stereocenters. The van der Waals surface area contributed by atoms with Crippen LogP contribution in [0, 0.1) is 6.92 Å². The van der Waals surface area contributed by atoms with Gasteiger partial charge in [-0.3, -0.25) is 14.2 Å².